The zero-order valence-electron chi connectivity index (χ0n) is 21.3. The van der Waals surface area contributed by atoms with Gasteiger partial charge in [0.1, 0.15) is 29.2 Å². The lowest BCUT2D eigenvalue weighted by atomic mass is 9.50. The number of likely N-dealkylation sites (tertiary alicyclic amines) is 1. The van der Waals surface area contributed by atoms with Gasteiger partial charge in [-0.15, -0.1) is 0 Å². The second kappa shape index (κ2) is 10.5. The summed E-state index contributed by atoms with van der Waals surface area (Å²) in [5, 5.41) is 28.4. The van der Waals surface area contributed by atoms with Gasteiger partial charge in [0.2, 0.25) is 0 Å². The Kier molecular flexibility index (Phi) is 7.71. The number of carboxylic acid groups (broad SMARTS) is 2. The first-order valence-electron chi connectivity index (χ1n) is 12.7. The molecule has 1 saturated heterocycles. The van der Waals surface area contributed by atoms with E-state index in [0.717, 1.165) is 11.1 Å². The van der Waals surface area contributed by atoms with Crippen LogP contribution in [0.4, 0.5) is 0 Å². The Labute approximate surface area is 230 Å². The molecule has 6 atom stereocenters. The van der Waals surface area contributed by atoms with Crippen LogP contribution in [0, 0.1) is 0 Å². The Bertz CT molecular complexity index is 1280. The molecular formula is C27H35N3O10. The number of aliphatic carboxylic acids is 2. The van der Waals surface area contributed by atoms with Crippen molar-refractivity contribution in [2.45, 2.75) is 81.4 Å². The number of nitrogens with zero attached hydrogens (tertiary/aromatic N) is 1. The number of hydrogen-bond donors (Lipinski definition) is 5. The Morgan fingerprint density at radius 1 is 1.12 bits per heavy atom. The van der Waals surface area contributed by atoms with Gasteiger partial charge in [0.15, 0.2) is 6.10 Å². The molecule has 1 aromatic carbocycles. The third kappa shape index (κ3) is 4.24. The fourth-order valence-electron chi connectivity index (χ4n) is 6.75. The molecule has 1 aromatic rings. The number of aliphatic hydroxyl groups excluding tert-OH is 1. The summed E-state index contributed by atoms with van der Waals surface area (Å²) in [7, 11) is 1.92. The second-order valence-electron chi connectivity index (χ2n) is 10.6. The van der Waals surface area contributed by atoms with E-state index >= 15 is 0 Å². The number of hydrogen-bond acceptors (Lipinski definition) is 11. The summed E-state index contributed by atoms with van der Waals surface area (Å²) in [4.78, 5) is 50.4. The van der Waals surface area contributed by atoms with Crippen molar-refractivity contribution < 1.29 is 48.7 Å². The van der Waals surface area contributed by atoms with E-state index in [1.807, 2.05) is 13.1 Å². The van der Waals surface area contributed by atoms with Gasteiger partial charge in [-0.1, -0.05) is 19.6 Å². The van der Waals surface area contributed by atoms with Crippen LogP contribution in [0.15, 0.2) is 24.0 Å². The highest BCUT2D eigenvalue weighted by molar-refractivity contribution is 5.83. The lowest BCUT2D eigenvalue weighted by Crippen LogP contribution is -2.75. The average Bonchev–Trinajstić information content (AvgIpc) is 3.23. The number of carboxylic acids is 2. The number of benzene rings is 1. The fraction of sp³-hybridized carbons (Fsp3) is 0.556. The van der Waals surface area contributed by atoms with Crippen LogP contribution in [0.5, 0.6) is 5.75 Å². The zero-order chi connectivity index (χ0) is 28.3. The summed E-state index contributed by atoms with van der Waals surface area (Å²) in [6.07, 6.45) is 0.605. The lowest BCUT2D eigenvalue weighted by molar-refractivity contribution is -0.206. The topological polar surface area (TPSA) is 212 Å². The van der Waals surface area contributed by atoms with Gasteiger partial charge in [-0.05, 0) is 38.1 Å². The average molecular weight is 562 g/mol. The summed E-state index contributed by atoms with van der Waals surface area (Å²) in [5.74, 6) is -3.74. The maximum Gasteiger partial charge on any atom is 0.321 e. The zero-order valence-corrected chi connectivity index (χ0v) is 21.3. The van der Waals surface area contributed by atoms with Gasteiger partial charge in [-0.2, -0.15) is 0 Å². The summed E-state index contributed by atoms with van der Waals surface area (Å²) >= 11 is 0. The van der Waals surface area contributed by atoms with Crippen molar-refractivity contribution in [3.8, 4) is 5.75 Å². The van der Waals surface area contributed by atoms with Crippen molar-refractivity contribution in [3.63, 3.8) is 0 Å². The van der Waals surface area contributed by atoms with E-state index in [4.69, 9.17) is 30.8 Å². The molecule has 13 heteroatoms. The van der Waals surface area contributed by atoms with Gasteiger partial charge in [0, 0.05) is 17.5 Å². The quantitative estimate of drug-likeness (QED) is 0.247. The Morgan fingerprint density at radius 3 is 2.40 bits per heavy atom. The molecule has 40 heavy (non-hydrogen) atoms. The first-order valence-corrected chi connectivity index (χ1v) is 12.7. The summed E-state index contributed by atoms with van der Waals surface area (Å²) in [6, 6.07) is 0.460. The highest BCUT2D eigenvalue weighted by Crippen LogP contribution is 2.65. The molecule has 0 radical (unpaired) electrons. The smallest absolute Gasteiger partial charge is 0.321 e. The van der Waals surface area contributed by atoms with Crippen LogP contribution in [0.3, 0.4) is 0 Å². The van der Waals surface area contributed by atoms with Crippen molar-refractivity contribution in [3.05, 3.63) is 40.7 Å². The number of ether oxygens (including phenoxy) is 3. The number of carbonyl (C=O) groups is 4. The maximum atomic E-state index is 13.2. The van der Waals surface area contributed by atoms with Crippen LogP contribution < -0.4 is 16.2 Å². The Hall–Kier alpha value is -3.52. The van der Waals surface area contributed by atoms with E-state index in [0.29, 0.717) is 30.7 Å². The molecule has 2 aliphatic carbocycles. The molecule has 1 spiro atoms. The summed E-state index contributed by atoms with van der Waals surface area (Å²) < 4.78 is 18.4. The first-order chi connectivity index (χ1) is 18.4. The molecule has 5 rings (SSSR count). The Morgan fingerprint density at radius 2 is 1.77 bits per heavy atom. The molecule has 2 bridgehead atoms. The van der Waals surface area contributed by atoms with E-state index in [9.17, 15) is 29.4 Å². The molecule has 0 unspecified atom stereocenters. The molecule has 1 fully saturated rings. The van der Waals surface area contributed by atoms with Gasteiger partial charge < -0.3 is 41.0 Å². The number of likely N-dealkylation sites (N-methyl/N-ethyl adjacent to an activating group) is 1. The summed E-state index contributed by atoms with van der Waals surface area (Å²) in [5.41, 5.74) is 11.1. The molecule has 2 heterocycles. The molecule has 13 nitrogen and oxygen atoms in total. The number of carbonyl (C=O) groups excluding carboxylic acids is 2. The molecule has 4 aliphatic rings. The van der Waals surface area contributed by atoms with Crippen molar-refractivity contribution in [1.29, 1.82) is 0 Å². The van der Waals surface area contributed by atoms with Crippen LogP contribution in [0.25, 0.3) is 0 Å². The van der Waals surface area contributed by atoms with Gasteiger partial charge >= 0.3 is 23.9 Å². The van der Waals surface area contributed by atoms with Gasteiger partial charge in [0.05, 0.1) is 30.9 Å². The van der Waals surface area contributed by atoms with Crippen LogP contribution in [0.2, 0.25) is 0 Å². The molecule has 218 valence electrons. The minimum Gasteiger partial charge on any atom is -0.481 e. The van der Waals surface area contributed by atoms with Crippen molar-refractivity contribution in [1.82, 2.24) is 4.90 Å². The normalized spacial score (nSPS) is 29.1. The lowest BCUT2D eigenvalue weighted by Gasteiger charge is -2.62. The van der Waals surface area contributed by atoms with Gasteiger partial charge in [-0.25, -0.2) is 0 Å². The molecule has 0 amide bonds. The van der Waals surface area contributed by atoms with Crippen molar-refractivity contribution in [2.24, 2.45) is 11.5 Å². The predicted octanol–water partition coefficient (Wildman–Crippen LogP) is -0.209. The number of esters is 2. The molecule has 7 N–H and O–H groups in total. The number of rotatable bonds is 9. The number of aliphatic hydroxyl groups is 1. The molecule has 2 aliphatic heterocycles. The van der Waals surface area contributed by atoms with Gasteiger partial charge in [-0.3, -0.25) is 24.1 Å². The van der Waals surface area contributed by atoms with E-state index < -0.39 is 65.9 Å². The second-order valence-corrected chi connectivity index (χ2v) is 10.6. The van der Waals surface area contributed by atoms with E-state index in [2.05, 4.69) is 4.90 Å². The number of nitrogens with two attached hydrogens (primary N) is 2. The van der Waals surface area contributed by atoms with E-state index in [1.165, 1.54) is 0 Å². The maximum absolute atomic E-state index is 13.2. The van der Waals surface area contributed by atoms with E-state index in [1.54, 1.807) is 12.1 Å². The Balaban J connectivity index is 0.00000370. The highest BCUT2D eigenvalue weighted by atomic mass is 16.6. The standard InChI is InChI=1S/C26H31N3O10.CH4/c1-29-7-6-25-20-12-2-3-13(11-30)21(20)38-22(25)16(37-18(31)9-14(27)23(33)34)4-5-26(25,17(29)8-12)39-19(32)10-15(28)24(35)36;/h2-4,14-15,17,22,30H,5-11,27-28H2,1H3,(H,33,34)(H,35,36);1H4/t14-,15-,17+,22-,25-,26+;/m0./s1. The van der Waals surface area contributed by atoms with E-state index in [-0.39, 0.29) is 32.3 Å². The predicted molar refractivity (Wildman–Crippen MR) is 138 cm³/mol. The molecule has 0 aromatic heterocycles. The van der Waals surface area contributed by atoms with Crippen LogP contribution >= 0.6 is 0 Å². The van der Waals surface area contributed by atoms with Crippen molar-refractivity contribution >= 4 is 23.9 Å². The summed E-state index contributed by atoms with van der Waals surface area (Å²) in [6.45, 7) is 0.271. The third-order valence-electron chi connectivity index (χ3n) is 8.52. The third-order valence-corrected chi connectivity index (χ3v) is 8.52. The van der Waals surface area contributed by atoms with Crippen LogP contribution in [0.1, 0.15) is 49.8 Å². The SMILES string of the molecule is C.CN1CC[C@]23c4c5ccc(CO)c4O[C@H]2C(OC(=O)C[C@H](N)C(=O)O)=CC[C@@]3(OC(=O)C[C@H](N)C(=O)O)[C@H]1C5. The molecule has 0 saturated carbocycles. The van der Waals surface area contributed by atoms with Crippen LogP contribution in [-0.4, -0.2) is 87.5 Å². The number of piperidine rings is 1. The first kappa shape index (κ1) is 29.5. The highest BCUT2D eigenvalue weighted by Gasteiger charge is 2.74. The molecular weight excluding hydrogens is 526 g/mol. The van der Waals surface area contributed by atoms with Crippen molar-refractivity contribution in [2.75, 3.05) is 13.6 Å². The largest absolute Gasteiger partial charge is 0.481 e. The fourth-order valence-corrected chi connectivity index (χ4v) is 6.75. The van der Waals surface area contributed by atoms with Crippen LogP contribution in [-0.2, 0) is 47.1 Å². The minimum atomic E-state index is -1.45. The monoisotopic (exact) mass is 561 g/mol. The van der Waals surface area contributed by atoms with Gasteiger partial charge in [0.25, 0.3) is 0 Å². The minimum absolute atomic E-state index is 0.